The van der Waals surface area contributed by atoms with Gasteiger partial charge in [-0.1, -0.05) is 0 Å². The van der Waals surface area contributed by atoms with Crippen molar-refractivity contribution < 1.29 is 41.3 Å². The van der Waals surface area contributed by atoms with Gasteiger partial charge in [0, 0.05) is 41.3 Å². The Hall–Kier alpha value is 1.36. The SMILES string of the molecule is [CH]1[CH][CH][CH][CH]1.[CH]1[CH][CH][CH][CH]1.[CH]1[CH][CH][CH][CH]1.[Pr]. The molecule has 3 fully saturated rings. The summed E-state index contributed by atoms with van der Waals surface area (Å²) in [5.74, 6) is 0. The molecule has 0 saturated heterocycles. The zero-order valence-electron chi connectivity index (χ0n) is 9.24. The molecule has 1 heteroatoms. The van der Waals surface area contributed by atoms with Crippen LogP contribution in [0.4, 0.5) is 0 Å². The first kappa shape index (κ1) is 17.4. The third-order valence-corrected chi connectivity index (χ3v) is 1.67. The molecule has 16 radical (unpaired) electrons. The summed E-state index contributed by atoms with van der Waals surface area (Å²) >= 11 is 0. The first-order valence-corrected chi connectivity index (χ1v) is 5.00. The van der Waals surface area contributed by atoms with Crippen LogP contribution in [0.5, 0.6) is 0 Å². The second kappa shape index (κ2) is 14.4. The summed E-state index contributed by atoms with van der Waals surface area (Å²) in [6.45, 7) is 0. The molecular weight excluding hydrogens is 321 g/mol. The predicted molar refractivity (Wildman–Crippen MR) is 64.5 cm³/mol. The molecule has 0 amide bonds. The molecular formula is C15H15Pr. The maximum absolute atomic E-state index is 2.00. The largest absolute Gasteiger partial charge is 0.0312 e. The van der Waals surface area contributed by atoms with Gasteiger partial charge >= 0.3 is 0 Å². The second-order valence-corrected chi connectivity index (χ2v) is 2.89. The summed E-state index contributed by atoms with van der Waals surface area (Å²) < 4.78 is 0. The van der Waals surface area contributed by atoms with Gasteiger partial charge in [-0.15, -0.1) is 0 Å². The van der Waals surface area contributed by atoms with E-state index in [2.05, 4.69) is 0 Å². The Morgan fingerprint density at radius 2 is 0.250 bits per heavy atom. The van der Waals surface area contributed by atoms with Gasteiger partial charge in [0.05, 0.1) is 0 Å². The van der Waals surface area contributed by atoms with E-state index in [1.807, 2.05) is 96.3 Å². The number of hydrogen-bond acceptors (Lipinski definition) is 0. The molecule has 3 rings (SSSR count). The van der Waals surface area contributed by atoms with Crippen LogP contribution < -0.4 is 0 Å². The predicted octanol–water partition coefficient (Wildman–Crippen LogP) is 3.06. The molecule has 78 valence electrons. The molecule has 0 aliphatic heterocycles. The monoisotopic (exact) mass is 336 g/mol. The molecule has 0 aromatic heterocycles. The molecule has 16 heavy (non-hydrogen) atoms. The summed E-state index contributed by atoms with van der Waals surface area (Å²) in [6.07, 6.45) is 30.0. The molecule has 0 atom stereocenters. The summed E-state index contributed by atoms with van der Waals surface area (Å²) in [5.41, 5.74) is 0. The standard InChI is InChI=1S/3C5H5.Pr/c3*1-2-4-5-3-1;/h3*1-5H;. The average Bonchev–Trinajstić information content (AvgIpc) is 3.09. The van der Waals surface area contributed by atoms with Gasteiger partial charge in [-0.3, -0.25) is 0 Å². The topological polar surface area (TPSA) is 0 Å². The Bertz CT molecular complexity index is 64.0. The van der Waals surface area contributed by atoms with E-state index >= 15 is 0 Å². The van der Waals surface area contributed by atoms with Crippen molar-refractivity contribution in [2.45, 2.75) is 0 Å². The van der Waals surface area contributed by atoms with Gasteiger partial charge in [-0.05, 0) is 96.3 Å². The zero-order chi connectivity index (χ0) is 10.6. The van der Waals surface area contributed by atoms with Gasteiger partial charge < -0.3 is 0 Å². The Balaban J connectivity index is 0.000000205. The molecule has 3 saturated carbocycles. The van der Waals surface area contributed by atoms with Gasteiger partial charge in [0.2, 0.25) is 0 Å². The molecule has 0 bridgehead atoms. The third kappa shape index (κ3) is 11.8. The van der Waals surface area contributed by atoms with Crippen molar-refractivity contribution in [1.29, 1.82) is 0 Å². The fourth-order valence-corrected chi connectivity index (χ4v) is 0.962. The second-order valence-electron chi connectivity index (χ2n) is 2.89. The van der Waals surface area contributed by atoms with Gasteiger partial charge in [0.1, 0.15) is 0 Å². The zero-order valence-corrected chi connectivity index (χ0v) is 12.9. The molecule has 0 unspecified atom stereocenters. The smallest absolute Gasteiger partial charge is 0 e. The van der Waals surface area contributed by atoms with E-state index < -0.39 is 0 Å². The van der Waals surface area contributed by atoms with Gasteiger partial charge in [-0.2, -0.15) is 0 Å². The number of hydrogen-bond donors (Lipinski definition) is 0. The van der Waals surface area contributed by atoms with E-state index in [0.29, 0.717) is 0 Å². The maximum Gasteiger partial charge on any atom is 0 e. The molecule has 0 aromatic rings. The first-order valence-electron chi connectivity index (χ1n) is 5.00. The molecule has 0 N–H and O–H groups in total. The summed E-state index contributed by atoms with van der Waals surface area (Å²) in [4.78, 5) is 0. The van der Waals surface area contributed by atoms with Crippen LogP contribution in [0.15, 0.2) is 0 Å². The van der Waals surface area contributed by atoms with Gasteiger partial charge in [-0.25, -0.2) is 0 Å². The first-order chi connectivity index (χ1) is 7.50. The summed E-state index contributed by atoms with van der Waals surface area (Å²) in [7, 11) is 0. The van der Waals surface area contributed by atoms with Crippen LogP contribution in [-0.4, -0.2) is 0 Å². The Morgan fingerprint density at radius 1 is 0.188 bits per heavy atom. The molecule has 0 heterocycles. The van der Waals surface area contributed by atoms with Crippen LogP contribution in [0.2, 0.25) is 0 Å². The normalized spacial score (nSPS) is 22.5. The van der Waals surface area contributed by atoms with Crippen LogP contribution in [0, 0.1) is 138 Å². The van der Waals surface area contributed by atoms with Gasteiger partial charge in [0.15, 0.2) is 0 Å². The van der Waals surface area contributed by atoms with Crippen LogP contribution in [0.3, 0.4) is 0 Å². The average molecular weight is 336 g/mol. The summed E-state index contributed by atoms with van der Waals surface area (Å²) in [5, 5.41) is 0. The van der Waals surface area contributed by atoms with E-state index in [1.165, 1.54) is 0 Å². The van der Waals surface area contributed by atoms with Crippen molar-refractivity contribution in [2.24, 2.45) is 0 Å². The van der Waals surface area contributed by atoms with E-state index in [1.54, 1.807) is 0 Å². The van der Waals surface area contributed by atoms with E-state index in [-0.39, 0.29) is 41.3 Å². The van der Waals surface area contributed by atoms with E-state index in [4.69, 9.17) is 0 Å². The fraction of sp³-hybridized carbons (Fsp3) is 0. The van der Waals surface area contributed by atoms with Crippen LogP contribution in [-0.2, 0) is 0 Å². The van der Waals surface area contributed by atoms with Crippen molar-refractivity contribution in [2.75, 3.05) is 0 Å². The van der Waals surface area contributed by atoms with Crippen LogP contribution in [0.25, 0.3) is 0 Å². The van der Waals surface area contributed by atoms with Crippen LogP contribution >= 0.6 is 0 Å². The fourth-order valence-electron chi connectivity index (χ4n) is 0.962. The minimum atomic E-state index is 0. The van der Waals surface area contributed by atoms with Crippen molar-refractivity contribution in [3.05, 3.63) is 96.3 Å². The van der Waals surface area contributed by atoms with Crippen molar-refractivity contribution in [3.8, 4) is 0 Å². The van der Waals surface area contributed by atoms with Crippen molar-refractivity contribution in [1.82, 2.24) is 0 Å². The van der Waals surface area contributed by atoms with Crippen LogP contribution in [0.1, 0.15) is 0 Å². The summed E-state index contributed by atoms with van der Waals surface area (Å²) in [6, 6.07) is 0. The Morgan fingerprint density at radius 3 is 0.312 bits per heavy atom. The molecule has 0 nitrogen and oxygen atoms in total. The van der Waals surface area contributed by atoms with E-state index in [9.17, 15) is 0 Å². The molecule has 0 spiro atoms. The Labute approximate surface area is 136 Å². The van der Waals surface area contributed by atoms with Gasteiger partial charge in [0.25, 0.3) is 0 Å². The quantitative estimate of drug-likeness (QED) is 0.638. The number of rotatable bonds is 0. The minimum absolute atomic E-state index is 0. The van der Waals surface area contributed by atoms with E-state index in [0.717, 1.165) is 0 Å². The van der Waals surface area contributed by atoms with Crippen molar-refractivity contribution >= 4 is 0 Å². The molecule has 3 aliphatic carbocycles. The Kier molecular flexibility index (Phi) is 15.7. The molecule has 0 aromatic carbocycles. The minimum Gasteiger partial charge on any atom is -0.0312 e. The van der Waals surface area contributed by atoms with Crippen molar-refractivity contribution in [3.63, 3.8) is 0 Å². The molecule has 3 aliphatic rings. The third-order valence-electron chi connectivity index (χ3n) is 1.67. The maximum atomic E-state index is 2.00.